The molecule has 3 heterocycles. The maximum atomic E-state index is 14.0. The molecule has 0 atom stereocenters. The third-order valence-corrected chi connectivity index (χ3v) is 5.88. The van der Waals surface area contributed by atoms with Crippen molar-refractivity contribution in [2.24, 2.45) is 4.99 Å². The van der Waals surface area contributed by atoms with Gasteiger partial charge in [-0.25, -0.2) is 8.78 Å². The number of hydrogen-bond acceptors (Lipinski definition) is 4. The Kier molecular flexibility index (Phi) is 4.38. The number of nitrogens with zero attached hydrogens (tertiary/aromatic N) is 1. The third-order valence-electron chi connectivity index (χ3n) is 5.88. The Morgan fingerprint density at radius 2 is 1.53 bits per heavy atom. The van der Waals surface area contributed by atoms with E-state index in [-0.39, 0.29) is 11.6 Å². The first kappa shape index (κ1) is 18.9. The molecule has 0 unspecified atom stereocenters. The molecule has 3 aromatic carbocycles. The van der Waals surface area contributed by atoms with Gasteiger partial charge in [0.25, 0.3) is 0 Å². The van der Waals surface area contributed by atoms with E-state index >= 15 is 0 Å². The summed E-state index contributed by atoms with van der Waals surface area (Å²) in [6.07, 6.45) is 0.766. The molecule has 32 heavy (non-hydrogen) atoms. The Hall–Kier alpha value is -3.81. The number of aromatic amines is 2. The predicted octanol–water partition coefficient (Wildman–Crippen LogP) is 4.55. The van der Waals surface area contributed by atoms with E-state index in [0.29, 0.717) is 12.4 Å². The number of aliphatic imine (C=N–C) groups is 1. The number of rotatable bonds is 5. The van der Waals surface area contributed by atoms with Crippen LogP contribution < -0.4 is 15.4 Å². The SMILES string of the molecule is Fc1ccc2[nH]c3c(OCCCNC4=NCCN4)c4[nH]c5ccc(F)cc5c4cc3c2c1. The van der Waals surface area contributed by atoms with Crippen LogP contribution in [-0.2, 0) is 0 Å². The Morgan fingerprint density at radius 3 is 2.12 bits per heavy atom. The fourth-order valence-corrected chi connectivity index (χ4v) is 4.41. The number of nitrogens with one attached hydrogen (secondary N) is 4. The average molecular weight is 433 g/mol. The van der Waals surface area contributed by atoms with Crippen molar-refractivity contribution in [2.45, 2.75) is 6.42 Å². The summed E-state index contributed by atoms with van der Waals surface area (Å²) >= 11 is 0. The molecule has 0 saturated heterocycles. The number of ether oxygens (including phenoxy) is 1. The molecule has 0 fully saturated rings. The molecule has 0 saturated carbocycles. The lowest BCUT2D eigenvalue weighted by Gasteiger charge is -2.10. The maximum absolute atomic E-state index is 14.0. The molecular formula is C24H21F2N5O. The molecular weight excluding hydrogens is 412 g/mol. The van der Waals surface area contributed by atoms with Gasteiger partial charge in [-0.05, 0) is 48.9 Å². The normalized spacial score (nSPS) is 13.9. The molecule has 6 nitrogen and oxygen atoms in total. The van der Waals surface area contributed by atoms with E-state index in [4.69, 9.17) is 4.74 Å². The molecule has 1 aliphatic rings. The molecule has 0 spiro atoms. The molecule has 162 valence electrons. The molecule has 6 rings (SSSR count). The lowest BCUT2D eigenvalue weighted by molar-refractivity contribution is 0.317. The quantitative estimate of drug-likeness (QED) is 0.307. The summed E-state index contributed by atoms with van der Waals surface area (Å²) in [4.78, 5) is 11.1. The standard InChI is InChI=1S/C24H21F2N5O/c25-13-2-4-19-15(10-13)17-12-18-16-11-14(26)3-5-20(16)31-22(18)23(21(17)30-19)32-9-1-6-27-24-28-7-8-29-24/h2-5,10-12,30-31H,1,6-9H2,(H2,27,28,29). The van der Waals surface area contributed by atoms with E-state index in [2.05, 4.69) is 25.6 Å². The Bertz CT molecular complexity index is 1420. The van der Waals surface area contributed by atoms with Gasteiger partial charge in [-0.1, -0.05) is 0 Å². The first-order valence-electron chi connectivity index (χ1n) is 10.7. The molecule has 0 amide bonds. The highest BCUT2D eigenvalue weighted by Gasteiger charge is 2.18. The van der Waals surface area contributed by atoms with Gasteiger partial charge in [-0.3, -0.25) is 4.99 Å². The summed E-state index contributed by atoms with van der Waals surface area (Å²) in [5.74, 6) is 0.868. The summed E-state index contributed by atoms with van der Waals surface area (Å²) < 4.78 is 34.3. The predicted molar refractivity (Wildman–Crippen MR) is 124 cm³/mol. The van der Waals surface area contributed by atoms with Crippen LogP contribution in [0.3, 0.4) is 0 Å². The number of fused-ring (bicyclic) bond motifs is 6. The molecule has 0 bridgehead atoms. The smallest absolute Gasteiger partial charge is 0.191 e. The minimum absolute atomic E-state index is 0.305. The fraction of sp³-hybridized carbons (Fsp3) is 0.208. The summed E-state index contributed by atoms with van der Waals surface area (Å²) in [7, 11) is 0. The maximum Gasteiger partial charge on any atom is 0.191 e. The van der Waals surface area contributed by atoms with E-state index < -0.39 is 0 Å². The van der Waals surface area contributed by atoms with Crippen LogP contribution in [0.2, 0.25) is 0 Å². The van der Waals surface area contributed by atoms with Crippen LogP contribution in [0.25, 0.3) is 43.6 Å². The van der Waals surface area contributed by atoms with E-state index in [9.17, 15) is 8.78 Å². The number of halogens is 2. The zero-order chi connectivity index (χ0) is 21.7. The van der Waals surface area contributed by atoms with Gasteiger partial charge >= 0.3 is 0 Å². The lowest BCUT2D eigenvalue weighted by atomic mass is 10.1. The van der Waals surface area contributed by atoms with Crippen LogP contribution in [0.5, 0.6) is 5.75 Å². The van der Waals surface area contributed by atoms with E-state index in [0.717, 1.165) is 75.6 Å². The van der Waals surface area contributed by atoms with Crippen LogP contribution >= 0.6 is 0 Å². The Balaban J connectivity index is 1.44. The average Bonchev–Trinajstić information content (AvgIpc) is 3.50. The van der Waals surface area contributed by atoms with Crippen molar-refractivity contribution in [3.05, 3.63) is 54.1 Å². The summed E-state index contributed by atoms with van der Waals surface area (Å²) in [5.41, 5.74) is 3.22. The van der Waals surface area contributed by atoms with Crippen molar-refractivity contribution in [3.8, 4) is 5.75 Å². The topological polar surface area (TPSA) is 77.2 Å². The number of guanidine groups is 1. The first-order chi connectivity index (χ1) is 15.7. The van der Waals surface area contributed by atoms with Crippen LogP contribution in [0, 0.1) is 11.6 Å². The highest BCUT2D eigenvalue weighted by Crippen LogP contribution is 2.41. The Morgan fingerprint density at radius 1 is 0.875 bits per heavy atom. The third kappa shape index (κ3) is 3.10. The number of hydrogen-bond donors (Lipinski definition) is 4. The van der Waals surface area contributed by atoms with Gasteiger partial charge in [-0.2, -0.15) is 0 Å². The molecule has 0 aliphatic carbocycles. The number of benzene rings is 3. The second-order valence-corrected chi connectivity index (χ2v) is 7.97. The van der Waals surface area contributed by atoms with Crippen LogP contribution in [0.1, 0.15) is 6.42 Å². The van der Waals surface area contributed by atoms with Crippen LogP contribution in [-0.4, -0.2) is 42.2 Å². The van der Waals surface area contributed by atoms with Gasteiger partial charge in [0, 0.05) is 45.7 Å². The second kappa shape index (κ2) is 7.40. The van der Waals surface area contributed by atoms with Gasteiger partial charge in [0.2, 0.25) is 0 Å². The molecule has 5 aromatic rings. The molecule has 8 heteroatoms. The number of aromatic nitrogens is 2. The van der Waals surface area contributed by atoms with E-state index in [1.807, 2.05) is 6.07 Å². The van der Waals surface area contributed by atoms with Gasteiger partial charge in [0.05, 0.1) is 24.2 Å². The molecule has 2 aromatic heterocycles. The highest BCUT2D eigenvalue weighted by atomic mass is 19.1. The largest absolute Gasteiger partial charge is 0.489 e. The molecule has 1 aliphatic heterocycles. The van der Waals surface area contributed by atoms with Crippen molar-refractivity contribution in [1.29, 1.82) is 0 Å². The van der Waals surface area contributed by atoms with Gasteiger partial charge in [-0.15, -0.1) is 0 Å². The summed E-state index contributed by atoms with van der Waals surface area (Å²) in [6, 6.07) is 11.3. The number of H-pyrrole nitrogens is 2. The van der Waals surface area contributed by atoms with Gasteiger partial charge in [0.1, 0.15) is 11.6 Å². The minimum atomic E-state index is -0.305. The molecule has 4 N–H and O–H groups in total. The summed E-state index contributed by atoms with van der Waals surface area (Å²) in [6.45, 7) is 2.85. The van der Waals surface area contributed by atoms with Crippen LogP contribution in [0.15, 0.2) is 47.5 Å². The zero-order valence-corrected chi connectivity index (χ0v) is 17.2. The van der Waals surface area contributed by atoms with Crippen molar-refractivity contribution < 1.29 is 13.5 Å². The van der Waals surface area contributed by atoms with Crippen molar-refractivity contribution in [2.75, 3.05) is 26.2 Å². The Labute approximate surface area is 181 Å². The van der Waals surface area contributed by atoms with Crippen molar-refractivity contribution in [1.82, 2.24) is 20.6 Å². The van der Waals surface area contributed by atoms with E-state index in [1.165, 1.54) is 24.3 Å². The lowest BCUT2D eigenvalue weighted by Crippen LogP contribution is -2.34. The second-order valence-electron chi connectivity index (χ2n) is 7.97. The minimum Gasteiger partial charge on any atom is -0.489 e. The summed E-state index contributed by atoms with van der Waals surface area (Å²) in [5, 5.41) is 9.66. The van der Waals surface area contributed by atoms with Crippen molar-refractivity contribution >= 4 is 49.6 Å². The molecule has 0 radical (unpaired) electrons. The van der Waals surface area contributed by atoms with Gasteiger partial charge in [0.15, 0.2) is 11.7 Å². The van der Waals surface area contributed by atoms with Gasteiger partial charge < -0.3 is 25.3 Å². The highest BCUT2D eigenvalue weighted by molar-refractivity contribution is 6.20. The van der Waals surface area contributed by atoms with Crippen LogP contribution in [0.4, 0.5) is 8.78 Å². The fourth-order valence-electron chi connectivity index (χ4n) is 4.41. The van der Waals surface area contributed by atoms with E-state index in [1.54, 1.807) is 12.1 Å². The first-order valence-corrected chi connectivity index (χ1v) is 10.7. The monoisotopic (exact) mass is 433 g/mol. The van der Waals surface area contributed by atoms with Crippen molar-refractivity contribution in [3.63, 3.8) is 0 Å². The zero-order valence-electron chi connectivity index (χ0n) is 17.2.